The van der Waals surface area contributed by atoms with Gasteiger partial charge in [0.15, 0.2) is 0 Å². The van der Waals surface area contributed by atoms with Gasteiger partial charge in [0.25, 0.3) is 0 Å². The molecule has 0 amide bonds. The van der Waals surface area contributed by atoms with Crippen molar-refractivity contribution in [1.82, 2.24) is 0 Å². The van der Waals surface area contributed by atoms with E-state index in [1.165, 1.54) is 51.4 Å². The first-order chi connectivity index (χ1) is 9.49. The highest BCUT2D eigenvalue weighted by Crippen LogP contribution is 2.45. The summed E-state index contributed by atoms with van der Waals surface area (Å²) in [6.45, 7) is 12.3. The molecule has 0 aliphatic heterocycles. The van der Waals surface area contributed by atoms with E-state index >= 15 is 0 Å². The molecule has 0 saturated heterocycles. The summed E-state index contributed by atoms with van der Waals surface area (Å²) >= 11 is 0. The first kappa shape index (κ1) is 16.4. The molecular weight excluding hydrogens is 240 g/mol. The molecule has 2 aliphatic carbocycles. The summed E-state index contributed by atoms with van der Waals surface area (Å²) in [5, 5.41) is 0. The van der Waals surface area contributed by atoms with Crippen LogP contribution in [0.3, 0.4) is 0 Å². The second kappa shape index (κ2) is 7.32. The minimum absolute atomic E-state index is 0.903. The summed E-state index contributed by atoms with van der Waals surface area (Å²) in [5.41, 5.74) is 0. The minimum Gasteiger partial charge on any atom is -0.0625 e. The molecule has 118 valence electrons. The Morgan fingerprint density at radius 3 is 1.25 bits per heavy atom. The Balaban J connectivity index is 1.91. The third-order valence-electron chi connectivity index (χ3n) is 6.88. The van der Waals surface area contributed by atoms with Crippen LogP contribution in [0.25, 0.3) is 0 Å². The van der Waals surface area contributed by atoms with E-state index in [0.717, 1.165) is 41.4 Å². The van der Waals surface area contributed by atoms with E-state index < -0.39 is 0 Å². The van der Waals surface area contributed by atoms with Crippen LogP contribution >= 0.6 is 0 Å². The summed E-state index contributed by atoms with van der Waals surface area (Å²) in [6, 6.07) is 0. The lowest BCUT2D eigenvalue weighted by molar-refractivity contribution is 0.0919. The van der Waals surface area contributed by atoms with Crippen LogP contribution < -0.4 is 0 Å². The molecule has 0 bridgehead atoms. The Bertz CT molecular complexity index is 250. The lowest BCUT2D eigenvalue weighted by atomic mass is 9.64. The highest BCUT2D eigenvalue weighted by atomic mass is 14.4. The van der Waals surface area contributed by atoms with Crippen molar-refractivity contribution in [2.24, 2.45) is 41.4 Å². The van der Waals surface area contributed by atoms with E-state index in [4.69, 9.17) is 0 Å². The summed E-state index contributed by atoms with van der Waals surface area (Å²) in [4.78, 5) is 0. The lowest BCUT2D eigenvalue weighted by Gasteiger charge is -2.41. The summed E-state index contributed by atoms with van der Waals surface area (Å²) in [6.07, 6.45) is 12.1. The Hall–Kier alpha value is 0. The zero-order valence-corrected chi connectivity index (χ0v) is 14.7. The standard InChI is InChI=1S/C20H38/c1-14(2)17-8-6-10-19(12-17)16(5)20-11-7-9-18(13-20)15(3)4/h14-20H,6-13H2,1-5H3. The molecule has 2 aliphatic rings. The van der Waals surface area contributed by atoms with Crippen molar-refractivity contribution in [1.29, 1.82) is 0 Å². The average Bonchev–Trinajstić information content (AvgIpc) is 2.46. The molecule has 2 saturated carbocycles. The minimum atomic E-state index is 0.903. The highest BCUT2D eigenvalue weighted by Gasteiger charge is 2.34. The monoisotopic (exact) mass is 278 g/mol. The van der Waals surface area contributed by atoms with Gasteiger partial charge in [-0.1, -0.05) is 73.1 Å². The molecule has 0 heterocycles. The molecule has 0 aromatic carbocycles. The van der Waals surface area contributed by atoms with Gasteiger partial charge in [-0.15, -0.1) is 0 Å². The van der Waals surface area contributed by atoms with Crippen molar-refractivity contribution >= 4 is 0 Å². The van der Waals surface area contributed by atoms with Crippen LogP contribution in [0.4, 0.5) is 0 Å². The van der Waals surface area contributed by atoms with Gasteiger partial charge in [0.05, 0.1) is 0 Å². The molecule has 4 atom stereocenters. The molecule has 0 spiro atoms. The van der Waals surface area contributed by atoms with Gasteiger partial charge in [-0.2, -0.15) is 0 Å². The second-order valence-corrected chi connectivity index (χ2v) is 8.72. The Labute approximate surface area is 128 Å². The van der Waals surface area contributed by atoms with Crippen LogP contribution in [0.1, 0.15) is 86.0 Å². The third kappa shape index (κ3) is 4.01. The highest BCUT2D eigenvalue weighted by molar-refractivity contribution is 4.85. The van der Waals surface area contributed by atoms with E-state index in [2.05, 4.69) is 34.6 Å². The van der Waals surface area contributed by atoms with Crippen LogP contribution in [0.15, 0.2) is 0 Å². The van der Waals surface area contributed by atoms with Gasteiger partial charge in [0.2, 0.25) is 0 Å². The van der Waals surface area contributed by atoms with Crippen molar-refractivity contribution in [3.05, 3.63) is 0 Å². The van der Waals surface area contributed by atoms with Crippen LogP contribution in [0.2, 0.25) is 0 Å². The van der Waals surface area contributed by atoms with Gasteiger partial charge in [-0.3, -0.25) is 0 Å². The largest absolute Gasteiger partial charge is 0.0625 e. The Morgan fingerprint density at radius 2 is 0.900 bits per heavy atom. The SMILES string of the molecule is CC(C)C1CCCC(C(C)C2CCCC(C(C)C)C2)C1. The summed E-state index contributed by atoms with van der Waals surface area (Å²) < 4.78 is 0. The molecule has 0 nitrogen and oxygen atoms in total. The lowest BCUT2D eigenvalue weighted by Crippen LogP contribution is -2.31. The number of hydrogen-bond donors (Lipinski definition) is 0. The molecule has 2 fully saturated rings. The Morgan fingerprint density at radius 1 is 0.550 bits per heavy atom. The van der Waals surface area contributed by atoms with Crippen molar-refractivity contribution in [2.45, 2.75) is 86.0 Å². The normalized spacial score (nSPS) is 37.4. The Kier molecular flexibility index (Phi) is 5.99. The molecule has 0 radical (unpaired) electrons. The van der Waals surface area contributed by atoms with Crippen LogP contribution in [-0.2, 0) is 0 Å². The first-order valence-corrected chi connectivity index (χ1v) is 9.49. The van der Waals surface area contributed by atoms with Gasteiger partial charge >= 0.3 is 0 Å². The maximum atomic E-state index is 2.60. The summed E-state index contributed by atoms with van der Waals surface area (Å²) in [7, 11) is 0. The predicted molar refractivity (Wildman–Crippen MR) is 89.7 cm³/mol. The van der Waals surface area contributed by atoms with Crippen molar-refractivity contribution < 1.29 is 0 Å². The van der Waals surface area contributed by atoms with Gasteiger partial charge in [0, 0.05) is 0 Å². The van der Waals surface area contributed by atoms with E-state index in [1.54, 1.807) is 0 Å². The molecular formula is C20H38. The van der Waals surface area contributed by atoms with Crippen molar-refractivity contribution in [3.8, 4) is 0 Å². The molecule has 2 rings (SSSR count). The molecule has 0 heteroatoms. The zero-order valence-electron chi connectivity index (χ0n) is 14.7. The molecule has 0 aromatic rings. The fourth-order valence-electron chi connectivity index (χ4n) is 5.08. The maximum Gasteiger partial charge on any atom is -0.0383 e. The van der Waals surface area contributed by atoms with Gasteiger partial charge < -0.3 is 0 Å². The summed E-state index contributed by atoms with van der Waals surface area (Å²) in [5.74, 6) is 6.89. The fourth-order valence-corrected chi connectivity index (χ4v) is 5.08. The second-order valence-electron chi connectivity index (χ2n) is 8.72. The molecule has 4 unspecified atom stereocenters. The predicted octanol–water partition coefficient (Wildman–Crippen LogP) is 6.55. The zero-order chi connectivity index (χ0) is 14.7. The van der Waals surface area contributed by atoms with E-state index in [9.17, 15) is 0 Å². The quantitative estimate of drug-likeness (QED) is 0.547. The molecule has 0 aromatic heterocycles. The van der Waals surface area contributed by atoms with E-state index in [-0.39, 0.29) is 0 Å². The topological polar surface area (TPSA) is 0 Å². The molecule has 20 heavy (non-hydrogen) atoms. The van der Waals surface area contributed by atoms with Gasteiger partial charge in [-0.25, -0.2) is 0 Å². The molecule has 0 N–H and O–H groups in total. The maximum absolute atomic E-state index is 2.60. The van der Waals surface area contributed by atoms with Crippen molar-refractivity contribution in [2.75, 3.05) is 0 Å². The average molecular weight is 279 g/mol. The van der Waals surface area contributed by atoms with Crippen LogP contribution in [0.5, 0.6) is 0 Å². The van der Waals surface area contributed by atoms with E-state index in [1.807, 2.05) is 0 Å². The van der Waals surface area contributed by atoms with E-state index in [0.29, 0.717) is 0 Å². The number of rotatable bonds is 4. The van der Waals surface area contributed by atoms with Crippen LogP contribution in [0, 0.1) is 41.4 Å². The third-order valence-corrected chi connectivity index (χ3v) is 6.88. The van der Waals surface area contributed by atoms with Gasteiger partial charge in [-0.05, 0) is 54.3 Å². The number of hydrogen-bond acceptors (Lipinski definition) is 0. The van der Waals surface area contributed by atoms with Crippen LogP contribution in [-0.4, -0.2) is 0 Å². The first-order valence-electron chi connectivity index (χ1n) is 9.49. The van der Waals surface area contributed by atoms with Gasteiger partial charge in [0.1, 0.15) is 0 Å². The fraction of sp³-hybridized carbons (Fsp3) is 1.00. The smallest absolute Gasteiger partial charge is 0.0383 e. The van der Waals surface area contributed by atoms with Crippen molar-refractivity contribution in [3.63, 3.8) is 0 Å².